The van der Waals surface area contributed by atoms with Gasteiger partial charge in [-0.25, -0.2) is 0 Å². The highest BCUT2D eigenvalue weighted by Crippen LogP contribution is 2.42. The van der Waals surface area contributed by atoms with Crippen LogP contribution in [0, 0.1) is 23.2 Å². The van der Waals surface area contributed by atoms with Crippen LogP contribution in [-0.2, 0) is 9.59 Å². The van der Waals surface area contributed by atoms with Crippen LogP contribution in [0.15, 0.2) is 18.2 Å². The molecule has 3 amide bonds. The topological polar surface area (TPSA) is 69.7 Å². The Morgan fingerprint density at radius 3 is 1.40 bits per heavy atom. The summed E-state index contributed by atoms with van der Waals surface area (Å²) in [6, 6.07) is 6.05. The third-order valence-electron chi connectivity index (χ3n) is 13.1. The van der Waals surface area contributed by atoms with Crippen LogP contribution in [0.25, 0.3) is 0 Å². The standard InChI is InChI=1S/C42H69N3O3/c1-10-40(4,5)33-23-25-34(26-24-33)43-37(46)32-27-35(44(41(6,7)11-2)38(47)30-19-15-13-16-20-30)29-36(28-32)45(42(8,9)12-3)39(48)31-21-17-14-18-22-31/h27-31,33-34H,10-26H2,1-9H3,(H,43,46). The minimum absolute atomic E-state index is 0.0138. The van der Waals surface area contributed by atoms with Gasteiger partial charge in [0.1, 0.15) is 0 Å². The third-order valence-corrected chi connectivity index (χ3v) is 13.1. The van der Waals surface area contributed by atoms with Gasteiger partial charge in [-0.1, -0.05) is 79.6 Å². The molecule has 6 nitrogen and oxygen atoms in total. The maximum Gasteiger partial charge on any atom is 0.251 e. The fourth-order valence-corrected chi connectivity index (χ4v) is 8.49. The monoisotopic (exact) mass is 664 g/mol. The van der Waals surface area contributed by atoms with Crippen LogP contribution in [-0.4, -0.2) is 34.8 Å². The smallest absolute Gasteiger partial charge is 0.251 e. The summed E-state index contributed by atoms with van der Waals surface area (Å²) in [5.74, 6) is 0.857. The molecule has 1 N–H and O–H groups in total. The quantitative estimate of drug-likeness (QED) is 0.242. The summed E-state index contributed by atoms with van der Waals surface area (Å²) in [6.07, 6.45) is 17.3. The molecule has 3 saturated carbocycles. The van der Waals surface area contributed by atoms with E-state index >= 15 is 0 Å². The maximum atomic E-state index is 14.5. The summed E-state index contributed by atoms with van der Waals surface area (Å²) in [5.41, 5.74) is 1.43. The van der Waals surface area contributed by atoms with Crippen molar-refractivity contribution in [3.63, 3.8) is 0 Å². The van der Waals surface area contributed by atoms with E-state index in [0.29, 0.717) is 16.9 Å². The number of carbonyl (C=O) groups excluding carboxylic acids is 3. The van der Waals surface area contributed by atoms with Gasteiger partial charge in [0.2, 0.25) is 11.8 Å². The van der Waals surface area contributed by atoms with E-state index in [9.17, 15) is 14.4 Å². The Hall–Kier alpha value is -2.37. The number of hydrogen-bond donors (Lipinski definition) is 1. The third kappa shape index (κ3) is 8.85. The molecule has 48 heavy (non-hydrogen) atoms. The van der Waals surface area contributed by atoms with Crippen LogP contribution in [0.5, 0.6) is 0 Å². The molecule has 3 aliphatic carbocycles. The first-order chi connectivity index (χ1) is 22.6. The minimum atomic E-state index is -0.455. The van der Waals surface area contributed by atoms with Crippen LogP contribution >= 0.6 is 0 Å². The molecule has 0 bridgehead atoms. The maximum absolute atomic E-state index is 14.5. The minimum Gasteiger partial charge on any atom is -0.349 e. The molecule has 270 valence electrons. The van der Waals surface area contributed by atoms with Crippen molar-refractivity contribution in [2.75, 3.05) is 9.80 Å². The zero-order chi connectivity index (χ0) is 35.3. The van der Waals surface area contributed by atoms with Gasteiger partial charge < -0.3 is 15.1 Å². The van der Waals surface area contributed by atoms with Crippen molar-refractivity contribution in [3.8, 4) is 0 Å². The van der Waals surface area contributed by atoms with Gasteiger partial charge in [-0.2, -0.15) is 0 Å². The van der Waals surface area contributed by atoms with E-state index in [-0.39, 0.29) is 35.6 Å². The molecule has 3 aliphatic rings. The van der Waals surface area contributed by atoms with Gasteiger partial charge in [-0.05, 0) is 121 Å². The molecular formula is C42H69N3O3. The Labute approximate surface area is 293 Å². The van der Waals surface area contributed by atoms with Crippen LogP contribution in [0.4, 0.5) is 11.4 Å². The molecule has 6 heteroatoms. The van der Waals surface area contributed by atoms with Crippen LogP contribution in [0.2, 0.25) is 0 Å². The molecular weight excluding hydrogens is 594 g/mol. The summed E-state index contributed by atoms with van der Waals surface area (Å²) in [7, 11) is 0. The lowest BCUT2D eigenvalue weighted by Crippen LogP contribution is -2.52. The summed E-state index contributed by atoms with van der Waals surface area (Å²) in [4.78, 5) is 47.2. The van der Waals surface area contributed by atoms with E-state index in [2.05, 4.69) is 67.6 Å². The van der Waals surface area contributed by atoms with Crippen molar-refractivity contribution in [2.45, 2.75) is 189 Å². The number of carbonyl (C=O) groups is 3. The largest absolute Gasteiger partial charge is 0.349 e. The number of amides is 3. The van der Waals surface area contributed by atoms with E-state index < -0.39 is 11.1 Å². The molecule has 0 aromatic heterocycles. The molecule has 3 fully saturated rings. The number of benzene rings is 1. The van der Waals surface area contributed by atoms with Crippen molar-refractivity contribution >= 4 is 29.1 Å². The number of anilines is 2. The molecule has 0 radical (unpaired) electrons. The molecule has 0 unspecified atom stereocenters. The Morgan fingerprint density at radius 2 is 1.02 bits per heavy atom. The molecule has 1 aromatic carbocycles. The Balaban J connectivity index is 1.78. The van der Waals surface area contributed by atoms with Gasteiger partial charge in [0.25, 0.3) is 5.91 Å². The molecule has 1 aromatic rings. The van der Waals surface area contributed by atoms with Crippen LogP contribution in [0.3, 0.4) is 0 Å². The van der Waals surface area contributed by atoms with Crippen LogP contribution < -0.4 is 15.1 Å². The van der Waals surface area contributed by atoms with Gasteiger partial charge in [-0.15, -0.1) is 0 Å². The lowest BCUT2D eigenvalue weighted by atomic mass is 9.69. The fraction of sp³-hybridized carbons (Fsp3) is 0.786. The highest BCUT2D eigenvalue weighted by Gasteiger charge is 2.40. The zero-order valence-electron chi connectivity index (χ0n) is 32.2. The molecule has 0 saturated heterocycles. The number of rotatable bonds is 12. The lowest BCUT2D eigenvalue weighted by Gasteiger charge is -2.43. The van der Waals surface area contributed by atoms with Gasteiger partial charge in [0, 0.05) is 45.9 Å². The second-order valence-electron chi connectivity index (χ2n) is 17.5. The Morgan fingerprint density at radius 1 is 0.604 bits per heavy atom. The summed E-state index contributed by atoms with van der Waals surface area (Å²) >= 11 is 0. The van der Waals surface area contributed by atoms with E-state index in [0.717, 1.165) is 101 Å². The van der Waals surface area contributed by atoms with E-state index in [1.54, 1.807) is 0 Å². The Bertz CT molecular complexity index is 1180. The lowest BCUT2D eigenvalue weighted by molar-refractivity contribution is -0.125. The summed E-state index contributed by atoms with van der Waals surface area (Å²) in [6.45, 7) is 19.8. The van der Waals surface area contributed by atoms with Gasteiger partial charge in [0.15, 0.2) is 0 Å². The number of nitrogens with zero attached hydrogens (tertiary/aromatic N) is 2. The number of hydrogen-bond acceptors (Lipinski definition) is 3. The average molecular weight is 664 g/mol. The van der Waals surface area contributed by atoms with Gasteiger partial charge in [0.05, 0.1) is 0 Å². The van der Waals surface area contributed by atoms with Crippen molar-refractivity contribution < 1.29 is 14.4 Å². The molecule has 0 atom stereocenters. The van der Waals surface area contributed by atoms with Crippen molar-refractivity contribution in [1.29, 1.82) is 0 Å². The summed E-state index contributed by atoms with van der Waals surface area (Å²) < 4.78 is 0. The van der Waals surface area contributed by atoms with Gasteiger partial charge in [-0.3, -0.25) is 14.4 Å². The van der Waals surface area contributed by atoms with Crippen molar-refractivity contribution in [2.24, 2.45) is 23.2 Å². The summed E-state index contributed by atoms with van der Waals surface area (Å²) in [5, 5.41) is 3.40. The van der Waals surface area contributed by atoms with Crippen molar-refractivity contribution in [1.82, 2.24) is 5.32 Å². The molecule has 0 aliphatic heterocycles. The normalized spacial score (nSPS) is 21.9. The molecule has 4 rings (SSSR count). The number of nitrogens with one attached hydrogen (secondary N) is 1. The van der Waals surface area contributed by atoms with Gasteiger partial charge >= 0.3 is 0 Å². The highest BCUT2D eigenvalue weighted by molar-refractivity contribution is 6.03. The first-order valence-electron chi connectivity index (χ1n) is 19.8. The SMILES string of the molecule is CCC(C)(C)C1CCC(NC(=O)c2cc(N(C(=O)C3CCCCC3)C(C)(C)CC)cc(N(C(=O)C3CCCCC3)C(C)(C)CC)c2)CC1. The second kappa shape index (κ2) is 16.1. The predicted octanol–water partition coefficient (Wildman–Crippen LogP) is 10.6. The predicted molar refractivity (Wildman–Crippen MR) is 201 cm³/mol. The first kappa shape index (κ1) is 38.4. The average Bonchev–Trinajstić information content (AvgIpc) is 3.09. The van der Waals surface area contributed by atoms with E-state index in [1.165, 1.54) is 19.3 Å². The zero-order valence-corrected chi connectivity index (χ0v) is 32.2. The van der Waals surface area contributed by atoms with E-state index in [1.807, 2.05) is 28.0 Å². The van der Waals surface area contributed by atoms with E-state index in [4.69, 9.17) is 0 Å². The molecule has 0 heterocycles. The fourth-order valence-electron chi connectivity index (χ4n) is 8.49. The van der Waals surface area contributed by atoms with Crippen LogP contribution in [0.1, 0.15) is 182 Å². The Kier molecular flexibility index (Phi) is 12.9. The second-order valence-corrected chi connectivity index (χ2v) is 17.5. The molecule has 0 spiro atoms. The first-order valence-corrected chi connectivity index (χ1v) is 19.8. The highest BCUT2D eigenvalue weighted by atomic mass is 16.2. The van der Waals surface area contributed by atoms with Crippen molar-refractivity contribution in [3.05, 3.63) is 23.8 Å².